The van der Waals surface area contributed by atoms with Crippen LogP contribution in [0.1, 0.15) is 40.5 Å². The van der Waals surface area contributed by atoms with Crippen molar-refractivity contribution in [2.75, 3.05) is 26.2 Å². The Morgan fingerprint density at radius 2 is 1.88 bits per heavy atom. The van der Waals surface area contributed by atoms with Crippen LogP contribution in [0.5, 0.6) is 0 Å². The summed E-state index contributed by atoms with van der Waals surface area (Å²) in [5.41, 5.74) is 5.46. The Morgan fingerprint density at radius 3 is 2.35 bits per heavy atom. The smallest absolute Gasteiger partial charge is 0.224 e. The SMILES string of the molecule is CCN(CC)CCCC(C)NC(=O)C(C)CN. The first-order valence-electron chi connectivity index (χ1n) is 6.77. The van der Waals surface area contributed by atoms with Gasteiger partial charge in [-0.15, -0.1) is 0 Å². The van der Waals surface area contributed by atoms with Gasteiger partial charge in [0, 0.05) is 18.5 Å². The van der Waals surface area contributed by atoms with Crippen LogP contribution in [0.3, 0.4) is 0 Å². The van der Waals surface area contributed by atoms with E-state index in [-0.39, 0.29) is 17.9 Å². The van der Waals surface area contributed by atoms with Gasteiger partial charge in [-0.3, -0.25) is 4.79 Å². The van der Waals surface area contributed by atoms with E-state index < -0.39 is 0 Å². The van der Waals surface area contributed by atoms with E-state index in [2.05, 4.69) is 31.0 Å². The predicted octanol–water partition coefficient (Wildman–Crippen LogP) is 1.21. The third kappa shape index (κ3) is 7.34. The fourth-order valence-electron chi connectivity index (χ4n) is 1.73. The van der Waals surface area contributed by atoms with Crippen molar-refractivity contribution >= 4 is 5.91 Å². The highest BCUT2D eigenvalue weighted by atomic mass is 16.1. The van der Waals surface area contributed by atoms with E-state index in [0.29, 0.717) is 6.54 Å². The summed E-state index contributed by atoms with van der Waals surface area (Å²) < 4.78 is 0. The molecule has 0 aromatic rings. The predicted molar refractivity (Wildman–Crippen MR) is 72.8 cm³/mol. The van der Waals surface area contributed by atoms with Crippen molar-refractivity contribution in [1.82, 2.24) is 10.2 Å². The average molecular weight is 243 g/mol. The van der Waals surface area contributed by atoms with Gasteiger partial charge in [0.25, 0.3) is 0 Å². The molecule has 3 N–H and O–H groups in total. The van der Waals surface area contributed by atoms with Crippen molar-refractivity contribution in [3.05, 3.63) is 0 Å². The average Bonchev–Trinajstić information content (AvgIpc) is 2.33. The maximum atomic E-state index is 11.6. The Bertz CT molecular complexity index is 205. The van der Waals surface area contributed by atoms with Crippen LogP contribution in [-0.4, -0.2) is 43.0 Å². The van der Waals surface area contributed by atoms with Gasteiger partial charge in [-0.2, -0.15) is 0 Å². The van der Waals surface area contributed by atoms with E-state index >= 15 is 0 Å². The molecule has 0 radical (unpaired) electrons. The van der Waals surface area contributed by atoms with Gasteiger partial charge in [0.05, 0.1) is 0 Å². The molecule has 0 aliphatic rings. The summed E-state index contributed by atoms with van der Waals surface area (Å²) in [6.45, 7) is 12.0. The Kier molecular flexibility index (Phi) is 9.09. The summed E-state index contributed by atoms with van der Waals surface area (Å²) in [7, 11) is 0. The molecule has 1 amide bonds. The number of rotatable bonds is 9. The molecule has 2 atom stereocenters. The van der Waals surface area contributed by atoms with Crippen molar-refractivity contribution in [3.63, 3.8) is 0 Å². The van der Waals surface area contributed by atoms with Gasteiger partial charge in [-0.05, 0) is 39.4 Å². The molecule has 0 aromatic heterocycles. The molecule has 0 saturated heterocycles. The molecule has 0 bridgehead atoms. The number of carbonyl (C=O) groups is 1. The normalized spacial score (nSPS) is 14.7. The number of hydrogen-bond acceptors (Lipinski definition) is 3. The molecule has 0 aromatic carbocycles. The van der Waals surface area contributed by atoms with E-state index in [1.807, 2.05) is 6.92 Å². The van der Waals surface area contributed by atoms with Crippen molar-refractivity contribution in [1.29, 1.82) is 0 Å². The highest BCUT2D eigenvalue weighted by Gasteiger charge is 2.13. The molecule has 4 heteroatoms. The zero-order valence-corrected chi connectivity index (χ0v) is 11.8. The summed E-state index contributed by atoms with van der Waals surface area (Å²) in [5.74, 6) is -0.0110. The zero-order valence-electron chi connectivity index (χ0n) is 11.8. The maximum Gasteiger partial charge on any atom is 0.224 e. The minimum atomic E-state index is -0.0831. The van der Waals surface area contributed by atoms with Crippen molar-refractivity contribution in [2.45, 2.75) is 46.6 Å². The van der Waals surface area contributed by atoms with Crippen molar-refractivity contribution < 1.29 is 4.79 Å². The van der Waals surface area contributed by atoms with Gasteiger partial charge in [-0.25, -0.2) is 0 Å². The van der Waals surface area contributed by atoms with Crippen LogP contribution >= 0.6 is 0 Å². The quantitative estimate of drug-likeness (QED) is 0.640. The van der Waals surface area contributed by atoms with Gasteiger partial charge in [0.2, 0.25) is 5.91 Å². The van der Waals surface area contributed by atoms with Crippen molar-refractivity contribution in [2.24, 2.45) is 11.7 Å². The lowest BCUT2D eigenvalue weighted by Gasteiger charge is -2.20. The monoisotopic (exact) mass is 243 g/mol. The van der Waals surface area contributed by atoms with E-state index in [9.17, 15) is 4.79 Å². The Morgan fingerprint density at radius 1 is 1.29 bits per heavy atom. The summed E-state index contributed by atoms with van der Waals surface area (Å²) in [6.07, 6.45) is 2.15. The molecular weight excluding hydrogens is 214 g/mol. The molecule has 0 aliphatic heterocycles. The zero-order chi connectivity index (χ0) is 13.3. The molecule has 0 heterocycles. The van der Waals surface area contributed by atoms with Crippen LogP contribution in [0.15, 0.2) is 0 Å². The maximum absolute atomic E-state index is 11.6. The number of hydrogen-bond donors (Lipinski definition) is 2. The van der Waals surface area contributed by atoms with Gasteiger partial charge >= 0.3 is 0 Å². The van der Waals surface area contributed by atoms with Crippen LogP contribution in [-0.2, 0) is 4.79 Å². The highest BCUT2D eigenvalue weighted by Crippen LogP contribution is 2.01. The Hall–Kier alpha value is -0.610. The van der Waals surface area contributed by atoms with Gasteiger partial charge < -0.3 is 16.0 Å². The van der Waals surface area contributed by atoms with Crippen LogP contribution in [0.2, 0.25) is 0 Å². The summed E-state index contributed by atoms with van der Waals surface area (Å²) >= 11 is 0. The first-order chi connectivity index (χ1) is 8.04. The molecule has 0 fully saturated rings. The first-order valence-corrected chi connectivity index (χ1v) is 6.77. The standard InChI is InChI=1S/C13H29N3O/c1-5-16(6-2)9-7-8-12(4)15-13(17)11(3)10-14/h11-12H,5-10,14H2,1-4H3,(H,15,17). The highest BCUT2D eigenvalue weighted by molar-refractivity contribution is 5.78. The molecule has 4 nitrogen and oxygen atoms in total. The number of carbonyl (C=O) groups excluding carboxylic acids is 1. The molecule has 0 rings (SSSR count). The fraction of sp³-hybridized carbons (Fsp3) is 0.923. The van der Waals surface area contributed by atoms with Crippen LogP contribution in [0.4, 0.5) is 0 Å². The molecule has 2 unspecified atom stereocenters. The summed E-state index contributed by atoms with van der Waals surface area (Å²) in [5, 5.41) is 3.00. The molecular formula is C13H29N3O. The third-order valence-electron chi connectivity index (χ3n) is 3.20. The fourth-order valence-corrected chi connectivity index (χ4v) is 1.73. The second-order valence-electron chi connectivity index (χ2n) is 4.72. The Labute approximate surface area is 106 Å². The topological polar surface area (TPSA) is 58.4 Å². The van der Waals surface area contributed by atoms with Gasteiger partial charge in [-0.1, -0.05) is 20.8 Å². The van der Waals surface area contributed by atoms with Gasteiger partial charge in [0.1, 0.15) is 0 Å². The van der Waals surface area contributed by atoms with Crippen molar-refractivity contribution in [3.8, 4) is 0 Å². The van der Waals surface area contributed by atoms with Crippen LogP contribution in [0, 0.1) is 5.92 Å². The number of nitrogens with one attached hydrogen (secondary N) is 1. The molecule has 0 aliphatic carbocycles. The van der Waals surface area contributed by atoms with Gasteiger partial charge in [0.15, 0.2) is 0 Å². The largest absolute Gasteiger partial charge is 0.353 e. The molecule has 102 valence electrons. The van der Waals surface area contributed by atoms with E-state index in [1.54, 1.807) is 0 Å². The van der Waals surface area contributed by atoms with Crippen LogP contribution < -0.4 is 11.1 Å². The second kappa shape index (κ2) is 9.42. The summed E-state index contributed by atoms with van der Waals surface area (Å²) in [4.78, 5) is 14.0. The van der Waals surface area contributed by atoms with Crippen LogP contribution in [0.25, 0.3) is 0 Å². The van der Waals surface area contributed by atoms with E-state index in [0.717, 1.165) is 32.5 Å². The van der Waals surface area contributed by atoms with E-state index in [1.165, 1.54) is 0 Å². The summed E-state index contributed by atoms with van der Waals surface area (Å²) in [6, 6.07) is 0.243. The minimum Gasteiger partial charge on any atom is -0.353 e. The lowest BCUT2D eigenvalue weighted by atomic mass is 10.1. The Balaban J connectivity index is 3.72. The third-order valence-corrected chi connectivity index (χ3v) is 3.20. The van der Waals surface area contributed by atoms with E-state index in [4.69, 9.17) is 5.73 Å². The number of nitrogens with zero attached hydrogens (tertiary/aromatic N) is 1. The second-order valence-corrected chi connectivity index (χ2v) is 4.72. The molecule has 0 saturated carbocycles. The molecule has 17 heavy (non-hydrogen) atoms. The number of nitrogens with two attached hydrogens (primary N) is 1. The number of amides is 1. The minimum absolute atomic E-state index is 0.0721. The lowest BCUT2D eigenvalue weighted by Crippen LogP contribution is -2.39. The first kappa shape index (κ1) is 16.4. The molecule has 0 spiro atoms. The lowest BCUT2D eigenvalue weighted by molar-refractivity contribution is -0.124.